The van der Waals surface area contributed by atoms with Gasteiger partial charge in [0.05, 0.1) is 0 Å². The third kappa shape index (κ3) is 3.50. The summed E-state index contributed by atoms with van der Waals surface area (Å²) in [5.74, 6) is 0. The van der Waals surface area contributed by atoms with E-state index in [0.29, 0.717) is 0 Å². The Morgan fingerprint density at radius 2 is 1.53 bits per heavy atom. The number of rotatable bonds is 2. The quantitative estimate of drug-likeness (QED) is 0.803. The highest BCUT2D eigenvalue weighted by Gasteiger charge is 2.21. The summed E-state index contributed by atoms with van der Waals surface area (Å²) in [7, 11) is 4.39. The van der Waals surface area contributed by atoms with Crippen molar-refractivity contribution in [1.29, 1.82) is 0 Å². The predicted octanol–water partition coefficient (Wildman–Crippen LogP) is 3.51. The first-order valence-corrected chi connectivity index (χ1v) is 7.40. The summed E-state index contributed by atoms with van der Waals surface area (Å²) < 4.78 is 0. The van der Waals surface area contributed by atoms with Crippen LogP contribution in [0, 0.1) is 0 Å². The molecule has 1 saturated heterocycles. The van der Waals surface area contributed by atoms with E-state index in [1.165, 1.54) is 37.2 Å². The Morgan fingerprint density at radius 3 is 1.95 bits per heavy atom. The molecule has 0 spiro atoms. The van der Waals surface area contributed by atoms with Crippen LogP contribution in [0.2, 0.25) is 0 Å². The van der Waals surface area contributed by atoms with Gasteiger partial charge < -0.3 is 9.80 Å². The highest BCUT2D eigenvalue weighted by molar-refractivity contribution is 5.49. The van der Waals surface area contributed by atoms with Crippen molar-refractivity contribution >= 4 is 5.69 Å². The van der Waals surface area contributed by atoms with Gasteiger partial charge in [-0.15, -0.1) is 0 Å². The normalized spacial score (nSPS) is 18.1. The van der Waals surface area contributed by atoms with Crippen molar-refractivity contribution in [2.24, 2.45) is 0 Å². The first-order chi connectivity index (χ1) is 8.88. The molecule has 2 heteroatoms. The van der Waals surface area contributed by atoms with E-state index in [9.17, 15) is 0 Å². The summed E-state index contributed by atoms with van der Waals surface area (Å²) in [5.41, 5.74) is 3.04. The van der Waals surface area contributed by atoms with Gasteiger partial charge in [-0.2, -0.15) is 0 Å². The zero-order valence-electron chi connectivity index (χ0n) is 13.1. The minimum Gasteiger partial charge on any atom is -0.371 e. The van der Waals surface area contributed by atoms with E-state index in [-0.39, 0.29) is 5.41 Å². The van der Waals surface area contributed by atoms with Crippen LogP contribution in [0.15, 0.2) is 24.3 Å². The lowest BCUT2D eigenvalue weighted by Gasteiger charge is -2.36. The molecule has 1 fully saturated rings. The van der Waals surface area contributed by atoms with E-state index in [0.717, 1.165) is 6.04 Å². The van der Waals surface area contributed by atoms with Gasteiger partial charge in [-0.3, -0.25) is 0 Å². The van der Waals surface area contributed by atoms with Gasteiger partial charge in [-0.1, -0.05) is 32.9 Å². The molecule has 1 aliphatic rings. The Bertz CT molecular complexity index is 392. The van der Waals surface area contributed by atoms with Gasteiger partial charge in [-0.05, 0) is 50.0 Å². The lowest BCUT2D eigenvalue weighted by Crippen LogP contribution is -2.41. The van der Waals surface area contributed by atoms with Crippen molar-refractivity contribution < 1.29 is 0 Å². The molecule has 0 N–H and O–H groups in total. The molecule has 2 rings (SSSR count). The van der Waals surface area contributed by atoms with Crippen molar-refractivity contribution in [3.63, 3.8) is 0 Å². The highest BCUT2D eigenvalue weighted by atomic mass is 15.2. The summed E-state index contributed by atoms with van der Waals surface area (Å²) in [6, 6.07) is 9.90. The molecule has 0 atom stereocenters. The Morgan fingerprint density at radius 1 is 1.00 bits per heavy atom. The zero-order chi connectivity index (χ0) is 14.0. The van der Waals surface area contributed by atoms with Gasteiger partial charge in [0.25, 0.3) is 0 Å². The summed E-state index contributed by atoms with van der Waals surface area (Å²) in [6.07, 6.45) is 2.54. The number of nitrogens with zero attached hydrogens (tertiary/aromatic N) is 2. The predicted molar refractivity (Wildman–Crippen MR) is 84.1 cm³/mol. The van der Waals surface area contributed by atoms with Gasteiger partial charge in [0.1, 0.15) is 0 Å². The summed E-state index contributed by atoms with van der Waals surface area (Å²) in [4.78, 5) is 4.88. The Hall–Kier alpha value is -1.02. The number of piperidine rings is 1. The molecule has 0 aliphatic carbocycles. The molecule has 0 unspecified atom stereocenters. The maximum atomic E-state index is 2.52. The minimum atomic E-state index is 0.246. The highest BCUT2D eigenvalue weighted by Crippen LogP contribution is 2.26. The molecule has 1 aliphatic heterocycles. The number of anilines is 1. The molecule has 106 valence electrons. The Kier molecular flexibility index (Phi) is 4.19. The SMILES string of the molecule is CN(C)C1CCN(c2ccc(C(C)(C)C)cc2)CC1. The van der Waals surface area contributed by atoms with E-state index >= 15 is 0 Å². The Balaban J connectivity index is 2.00. The monoisotopic (exact) mass is 260 g/mol. The van der Waals surface area contributed by atoms with E-state index in [1.54, 1.807) is 0 Å². The van der Waals surface area contributed by atoms with Crippen LogP contribution in [0.5, 0.6) is 0 Å². The maximum absolute atomic E-state index is 2.52. The fraction of sp³-hybridized carbons (Fsp3) is 0.647. The second-order valence-corrected chi connectivity index (χ2v) is 6.98. The second kappa shape index (κ2) is 5.54. The second-order valence-electron chi connectivity index (χ2n) is 6.98. The average Bonchev–Trinajstić information content (AvgIpc) is 2.38. The van der Waals surface area contributed by atoms with Gasteiger partial charge in [0.15, 0.2) is 0 Å². The molecule has 1 heterocycles. The van der Waals surface area contributed by atoms with E-state index < -0.39 is 0 Å². The van der Waals surface area contributed by atoms with E-state index in [2.05, 4.69) is 68.9 Å². The summed E-state index contributed by atoms with van der Waals surface area (Å²) >= 11 is 0. The molecule has 2 nitrogen and oxygen atoms in total. The first kappa shape index (κ1) is 14.4. The van der Waals surface area contributed by atoms with Crippen molar-refractivity contribution in [1.82, 2.24) is 4.90 Å². The zero-order valence-corrected chi connectivity index (χ0v) is 13.1. The number of hydrogen-bond donors (Lipinski definition) is 0. The van der Waals surface area contributed by atoms with Crippen LogP contribution in [-0.2, 0) is 5.41 Å². The fourth-order valence-corrected chi connectivity index (χ4v) is 2.81. The molecular weight excluding hydrogens is 232 g/mol. The van der Waals surface area contributed by atoms with Gasteiger partial charge in [0, 0.05) is 24.8 Å². The molecule has 0 bridgehead atoms. The largest absolute Gasteiger partial charge is 0.371 e. The lowest BCUT2D eigenvalue weighted by molar-refractivity contribution is 0.249. The van der Waals surface area contributed by atoms with Crippen LogP contribution in [0.3, 0.4) is 0 Å². The van der Waals surface area contributed by atoms with Crippen LogP contribution in [0.4, 0.5) is 5.69 Å². The third-order valence-electron chi connectivity index (χ3n) is 4.29. The Labute approximate surface area is 118 Å². The summed E-state index contributed by atoms with van der Waals surface area (Å²) in [6.45, 7) is 9.16. The van der Waals surface area contributed by atoms with Gasteiger partial charge in [-0.25, -0.2) is 0 Å². The van der Waals surface area contributed by atoms with E-state index in [1.807, 2.05) is 0 Å². The molecule has 1 aromatic carbocycles. The third-order valence-corrected chi connectivity index (χ3v) is 4.29. The van der Waals surface area contributed by atoms with Crippen LogP contribution in [-0.4, -0.2) is 38.1 Å². The maximum Gasteiger partial charge on any atom is 0.0366 e. The smallest absolute Gasteiger partial charge is 0.0366 e. The topological polar surface area (TPSA) is 6.48 Å². The molecule has 19 heavy (non-hydrogen) atoms. The first-order valence-electron chi connectivity index (χ1n) is 7.40. The molecule has 0 amide bonds. The number of benzene rings is 1. The van der Waals surface area contributed by atoms with Crippen LogP contribution < -0.4 is 4.90 Å². The lowest BCUT2D eigenvalue weighted by atomic mass is 9.87. The van der Waals surface area contributed by atoms with Gasteiger partial charge in [0.2, 0.25) is 0 Å². The average molecular weight is 260 g/mol. The summed E-state index contributed by atoms with van der Waals surface area (Å²) in [5, 5.41) is 0. The van der Waals surface area contributed by atoms with Crippen molar-refractivity contribution in [2.75, 3.05) is 32.1 Å². The minimum absolute atomic E-state index is 0.246. The van der Waals surface area contributed by atoms with Crippen molar-refractivity contribution in [3.8, 4) is 0 Å². The van der Waals surface area contributed by atoms with Crippen molar-refractivity contribution in [2.45, 2.75) is 45.1 Å². The number of hydrogen-bond acceptors (Lipinski definition) is 2. The molecule has 0 saturated carbocycles. The van der Waals surface area contributed by atoms with E-state index in [4.69, 9.17) is 0 Å². The molecule has 1 aromatic rings. The molecular formula is C17H28N2. The van der Waals surface area contributed by atoms with Crippen LogP contribution in [0.25, 0.3) is 0 Å². The molecule has 0 aromatic heterocycles. The van der Waals surface area contributed by atoms with Crippen molar-refractivity contribution in [3.05, 3.63) is 29.8 Å². The van der Waals surface area contributed by atoms with Crippen LogP contribution >= 0.6 is 0 Å². The molecule has 0 radical (unpaired) electrons. The van der Waals surface area contributed by atoms with Crippen LogP contribution in [0.1, 0.15) is 39.2 Å². The standard InChI is InChI=1S/C17H28N2/c1-17(2,3)14-6-8-16(9-7-14)19-12-10-15(11-13-19)18(4)5/h6-9,15H,10-13H2,1-5H3. The fourth-order valence-electron chi connectivity index (χ4n) is 2.81. The van der Waals surface area contributed by atoms with Gasteiger partial charge >= 0.3 is 0 Å².